The van der Waals surface area contributed by atoms with Crippen LogP contribution in [-0.2, 0) is 0 Å². The molecule has 0 spiro atoms. The predicted molar refractivity (Wildman–Crippen MR) is 111 cm³/mol. The number of nitrogens with two attached hydrogens (primary N) is 1. The minimum Gasteiger partial charge on any atom is -0.486 e. The van der Waals surface area contributed by atoms with Crippen LogP contribution in [0.2, 0.25) is 0 Å². The van der Waals surface area contributed by atoms with E-state index in [0.717, 1.165) is 49.6 Å². The highest BCUT2D eigenvalue weighted by Gasteiger charge is 2.36. The summed E-state index contributed by atoms with van der Waals surface area (Å²) in [6, 6.07) is 7.73. The molecule has 2 aliphatic heterocycles. The first-order valence-corrected chi connectivity index (χ1v) is 10.2. The van der Waals surface area contributed by atoms with Gasteiger partial charge in [-0.1, -0.05) is 18.2 Å². The van der Waals surface area contributed by atoms with Crippen LogP contribution in [0.15, 0.2) is 48.6 Å². The number of carbonyl (C=O) groups excluding carboxylic acids is 1. The van der Waals surface area contributed by atoms with E-state index in [1.807, 2.05) is 47.2 Å². The highest BCUT2D eigenvalue weighted by Crippen LogP contribution is 2.36. The van der Waals surface area contributed by atoms with Crippen LogP contribution in [0, 0.1) is 5.92 Å². The van der Waals surface area contributed by atoms with E-state index >= 15 is 0 Å². The zero-order chi connectivity index (χ0) is 19.8. The Morgan fingerprint density at radius 3 is 2.69 bits per heavy atom. The normalized spacial score (nSPS) is 23.2. The second kappa shape index (κ2) is 7.40. The summed E-state index contributed by atoms with van der Waals surface area (Å²) < 4.78 is 7.81. The van der Waals surface area contributed by atoms with E-state index in [4.69, 9.17) is 15.5 Å². The number of aromatic nitrogens is 2. The van der Waals surface area contributed by atoms with Gasteiger partial charge in [-0.15, -0.1) is 0 Å². The third-order valence-electron chi connectivity index (χ3n) is 5.93. The summed E-state index contributed by atoms with van der Waals surface area (Å²) in [6.07, 6.45) is 10.1. The van der Waals surface area contributed by atoms with Crippen molar-refractivity contribution in [3.8, 4) is 17.0 Å². The quantitative estimate of drug-likeness (QED) is 0.726. The van der Waals surface area contributed by atoms with Gasteiger partial charge in [0.15, 0.2) is 5.69 Å². The highest BCUT2D eigenvalue weighted by molar-refractivity contribution is 5.97. The molecular weight excluding hydrogens is 366 g/mol. The lowest BCUT2D eigenvalue weighted by Gasteiger charge is -2.37. The maximum Gasteiger partial charge on any atom is 0.269 e. The maximum atomic E-state index is 12.3. The molecule has 1 saturated heterocycles. The van der Waals surface area contributed by atoms with Gasteiger partial charge in [-0.3, -0.25) is 4.79 Å². The van der Waals surface area contributed by atoms with Gasteiger partial charge < -0.3 is 21.2 Å². The Morgan fingerprint density at radius 1 is 1.21 bits per heavy atom. The van der Waals surface area contributed by atoms with Gasteiger partial charge in [-0.2, -0.15) is 0 Å². The molecule has 3 aliphatic rings. The summed E-state index contributed by atoms with van der Waals surface area (Å²) in [6.45, 7) is 2.80. The Kier molecular flexibility index (Phi) is 4.60. The summed E-state index contributed by atoms with van der Waals surface area (Å²) in [5.41, 5.74) is 11.0. The van der Waals surface area contributed by atoms with E-state index in [1.165, 1.54) is 0 Å². The van der Waals surface area contributed by atoms with E-state index in [1.54, 1.807) is 0 Å². The molecule has 0 bridgehead atoms. The van der Waals surface area contributed by atoms with Crippen molar-refractivity contribution < 1.29 is 9.53 Å². The molecule has 0 radical (unpaired) electrons. The van der Waals surface area contributed by atoms with E-state index in [0.29, 0.717) is 23.2 Å². The second-order valence-corrected chi connectivity index (χ2v) is 7.82. The van der Waals surface area contributed by atoms with Crippen molar-refractivity contribution >= 4 is 5.91 Å². The summed E-state index contributed by atoms with van der Waals surface area (Å²) in [7, 11) is 0. The molecule has 1 amide bonds. The smallest absolute Gasteiger partial charge is 0.269 e. The van der Waals surface area contributed by atoms with Crippen LogP contribution in [0.5, 0.6) is 5.75 Å². The zero-order valence-corrected chi connectivity index (χ0v) is 16.2. The summed E-state index contributed by atoms with van der Waals surface area (Å²) in [5, 5.41) is 3.33. The fourth-order valence-electron chi connectivity index (χ4n) is 4.29. The number of carbonyl (C=O) groups is 1. The predicted octanol–water partition coefficient (Wildman–Crippen LogP) is 2.16. The van der Waals surface area contributed by atoms with Crippen LogP contribution in [0.25, 0.3) is 11.3 Å². The first-order valence-electron chi connectivity index (χ1n) is 10.2. The Hall–Kier alpha value is -3.06. The van der Waals surface area contributed by atoms with Gasteiger partial charge >= 0.3 is 0 Å². The summed E-state index contributed by atoms with van der Waals surface area (Å²) in [4.78, 5) is 17.2. The number of hydrogen-bond donors (Lipinski definition) is 3. The molecule has 2 unspecified atom stereocenters. The number of primary amides is 1. The molecule has 2 aromatic rings. The van der Waals surface area contributed by atoms with E-state index < -0.39 is 5.91 Å². The molecule has 150 valence electrons. The van der Waals surface area contributed by atoms with Crippen LogP contribution in [0.1, 0.15) is 35.1 Å². The molecule has 7 heteroatoms. The van der Waals surface area contributed by atoms with Crippen molar-refractivity contribution in [1.29, 1.82) is 0 Å². The van der Waals surface area contributed by atoms with Gasteiger partial charge in [0, 0.05) is 24.4 Å². The number of nitrogens with one attached hydrogen (secondary N) is 2. The zero-order valence-electron chi connectivity index (χ0n) is 16.2. The largest absolute Gasteiger partial charge is 0.486 e. The number of fused-ring (bicyclic) bond motifs is 1. The van der Waals surface area contributed by atoms with Gasteiger partial charge in [-0.05, 0) is 55.8 Å². The van der Waals surface area contributed by atoms with Crippen LogP contribution in [-0.4, -0.2) is 41.3 Å². The van der Waals surface area contributed by atoms with E-state index in [-0.39, 0.29) is 6.10 Å². The number of nitrogens with zero attached hydrogens (tertiary/aromatic N) is 2. The minimum atomic E-state index is -0.474. The fraction of sp³-hybridized carbons (Fsp3) is 0.364. The number of imidazole rings is 1. The molecule has 7 nitrogen and oxygen atoms in total. The maximum absolute atomic E-state index is 12.3. The Labute approximate surface area is 169 Å². The Morgan fingerprint density at radius 2 is 2.03 bits per heavy atom. The topological polar surface area (TPSA) is 94.2 Å². The average molecular weight is 391 g/mol. The molecule has 1 aromatic heterocycles. The SMILES string of the molecule is NC(=O)c1c(-c2ccc(OC3C=CC=CC3)cc2)nc2n1NCCC2C1CNC1. The monoisotopic (exact) mass is 391 g/mol. The van der Waals surface area contributed by atoms with Gasteiger partial charge in [0.05, 0.1) is 0 Å². The fourth-order valence-corrected chi connectivity index (χ4v) is 4.29. The molecular formula is C22H25N5O2. The number of ether oxygens (including phenoxy) is 1. The molecule has 2 atom stereocenters. The molecule has 1 aromatic carbocycles. The van der Waals surface area contributed by atoms with Crippen molar-refractivity contribution in [1.82, 2.24) is 15.0 Å². The number of amides is 1. The molecule has 29 heavy (non-hydrogen) atoms. The molecule has 1 fully saturated rings. The molecule has 0 saturated carbocycles. The lowest BCUT2D eigenvalue weighted by molar-refractivity contribution is 0.0992. The van der Waals surface area contributed by atoms with Crippen molar-refractivity contribution in [2.75, 3.05) is 25.1 Å². The molecule has 5 rings (SSSR count). The summed E-state index contributed by atoms with van der Waals surface area (Å²) >= 11 is 0. The van der Waals surface area contributed by atoms with E-state index in [9.17, 15) is 4.79 Å². The Bertz CT molecular complexity index is 972. The van der Waals surface area contributed by atoms with Crippen LogP contribution >= 0.6 is 0 Å². The first-order chi connectivity index (χ1) is 14.2. The molecule has 4 N–H and O–H groups in total. The standard InChI is InChI=1S/C22H25N5O2/c23-21(28)20-19(26-22-18(15-12-24-13-15)10-11-25-27(20)22)14-6-8-17(9-7-14)29-16-4-2-1-3-5-16/h1-4,6-9,15-16,18,24-25H,5,10-13H2,(H2,23,28). The van der Waals surface area contributed by atoms with Crippen molar-refractivity contribution in [2.45, 2.75) is 24.9 Å². The van der Waals surface area contributed by atoms with Crippen molar-refractivity contribution in [3.63, 3.8) is 0 Å². The Balaban J connectivity index is 1.45. The molecule has 1 aliphatic carbocycles. The number of benzene rings is 1. The van der Waals surface area contributed by atoms with Gasteiger partial charge in [-0.25, -0.2) is 9.66 Å². The number of allylic oxidation sites excluding steroid dienone is 2. The molecule has 3 heterocycles. The first kappa shape index (κ1) is 18.0. The van der Waals surface area contributed by atoms with Gasteiger partial charge in [0.2, 0.25) is 0 Å². The van der Waals surface area contributed by atoms with Crippen molar-refractivity contribution in [3.05, 3.63) is 60.1 Å². The van der Waals surface area contributed by atoms with Gasteiger partial charge in [0.1, 0.15) is 23.4 Å². The van der Waals surface area contributed by atoms with Gasteiger partial charge in [0.25, 0.3) is 5.91 Å². The van der Waals surface area contributed by atoms with E-state index in [2.05, 4.69) is 16.8 Å². The number of rotatable bonds is 5. The lowest BCUT2D eigenvalue weighted by atomic mass is 9.84. The third kappa shape index (κ3) is 3.31. The summed E-state index contributed by atoms with van der Waals surface area (Å²) in [5.74, 6) is 2.11. The minimum absolute atomic E-state index is 0.0491. The highest BCUT2D eigenvalue weighted by atomic mass is 16.5. The van der Waals surface area contributed by atoms with Crippen LogP contribution in [0.3, 0.4) is 0 Å². The lowest BCUT2D eigenvalue weighted by Crippen LogP contribution is -2.48. The van der Waals surface area contributed by atoms with Crippen LogP contribution in [0.4, 0.5) is 0 Å². The third-order valence-corrected chi connectivity index (χ3v) is 5.93. The average Bonchev–Trinajstić information content (AvgIpc) is 3.09. The van der Waals surface area contributed by atoms with Crippen LogP contribution < -0.4 is 21.2 Å². The van der Waals surface area contributed by atoms with Crippen molar-refractivity contribution in [2.24, 2.45) is 11.7 Å². The second-order valence-electron chi connectivity index (χ2n) is 7.82. The number of hydrogen-bond acceptors (Lipinski definition) is 5.